The number of esters is 1. The maximum absolute atomic E-state index is 11.9. The van der Waals surface area contributed by atoms with Crippen LogP contribution in [0.2, 0.25) is 18.1 Å². The third kappa shape index (κ3) is 8.21. The fourth-order valence-corrected chi connectivity index (χ4v) is 2.87. The van der Waals surface area contributed by atoms with Gasteiger partial charge in [0.15, 0.2) is 8.32 Å². The molecule has 0 aliphatic carbocycles. The molecule has 0 radical (unpaired) electrons. The minimum absolute atomic E-state index is 0.0317. The normalized spacial score (nSPS) is 14.7. The molecule has 1 atom stereocenters. The van der Waals surface area contributed by atoms with Crippen LogP contribution in [0.15, 0.2) is 0 Å². The van der Waals surface area contributed by atoms with Crippen molar-refractivity contribution in [3.63, 3.8) is 0 Å². The largest absolute Gasteiger partial charge is 0.481 e. The summed E-state index contributed by atoms with van der Waals surface area (Å²) >= 11 is 0. The van der Waals surface area contributed by atoms with Crippen molar-refractivity contribution in [1.29, 1.82) is 0 Å². The minimum Gasteiger partial charge on any atom is -0.481 e. The van der Waals surface area contributed by atoms with E-state index in [1.54, 1.807) is 20.8 Å². The topological polar surface area (TPSA) is 72.8 Å². The molecule has 0 aliphatic heterocycles. The second-order valence-corrected chi connectivity index (χ2v) is 12.6. The summed E-state index contributed by atoms with van der Waals surface area (Å²) in [6.45, 7) is 15.6. The number of hydrogen-bond acceptors (Lipinski definition) is 4. The van der Waals surface area contributed by atoms with E-state index in [4.69, 9.17) is 14.3 Å². The first-order chi connectivity index (χ1) is 9.14. The zero-order valence-corrected chi connectivity index (χ0v) is 15.6. The second-order valence-electron chi connectivity index (χ2n) is 7.89. The van der Waals surface area contributed by atoms with Crippen LogP contribution in [0, 0.1) is 0 Å². The molecular formula is C15H30O5Si. The van der Waals surface area contributed by atoms with Gasteiger partial charge < -0.3 is 14.3 Å². The van der Waals surface area contributed by atoms with Gasteiger partial charge in [-0.05, 0) is 38.9 Å². The van der Waals surface area contributed by atoms with Gasteiger partial charge in [-0.1, -0.05) is 20.8 Å². The summed E-state index contributed by atoms with van der Waals surface area (Å²) in [6.07, 6.45) is -0.861. The van der Waals surface area contributed by atoms with Crippen LogP contribution >= 0.6 is 0 Å². The van der Waals surface area contributed by atoms with Crippen LogP contribution in [0.4, 0.5) is 0 Å². The lowest BCUT2D eigenvalue weighted by atomic mass is 10.1. The number of carbonyl (C=O) groups excluding carboxylic acids is 1. The Morgan fingerprint density at radius 1 is 1.05 bits per heavy atom. The number of carboxylic acids is 1. The molecule has 0 bridgehead atoms. The van der Waals surface area contributed by atoms with Crippen molar-refractivity contribution >= 4 is 20.3 Å². The van der Waals surface area contributed by atoms with Crippen molar-refractivity contribution in [3.8, 4) is 0 Å². The summed E-state index contributed by atoms with van der Waals surface area (Å²) in [5.41, 5.74) is -0.582. The van der Waals surface area contributed by atoms with Crippen molar-refractivity contribution in [1.82, 2.24) is 0 Å². The van der Waals surface area contributed by atoms with Crippen LogP contribution in [-0.2, 0) is 18.8 Å². The smallest absolute Gasteiger partial charge is 0.308 e. The van der Waals surface area contributed by atoms with E-state index < -0.39 is 32.0 Å². The molecule has 5 nitrogen and oxygen atoms in total. The number of ether oxygens (including phenoxy) is 1. The lowest BCUT2D eigenvalue weighted by molar-refractivity contribution is -0.157. The molecular weight excluding hydrogens is 288 g/mol. The molecule has 0 aliphatic rings. The number of aliphatic carboxylic acids is 1. The highest BCUT2D eigenvalue weighted by atomic mass is 28.4. The summed E-state index contributed by atoms with van der Waals surface area (Å²) in [7, 11) is -2.13. The molecule has 0 heterocycles. The lowest BCUT2D eigenvalue weighted by Gasteiger charge is -2.39. The molecule has 0 fully saturated rings. The Morgan fingerprint density at radius 3 is 1.86 bits per heavy atom. The predicted octanol–water partition coefficient (Wildman–Crippen LogP) is 3.58. The van der Waals surface area contributed by atoms with Crippen molar-refractivity contribution in [2.45, 2.75) is 84.2 Å². The third-order valence-corrected chi connectivity index (χ3v) is 8.02. The first kappa shape index (κ1) is 20.1. The van der Waals surface area contributed by atoms with Gasteiger partial charge in [-0.3, -0.25) is 9.59 Å². The van der Waals surface area contributed by atoms with Crippen LogP contribution in [0.3, 0.4) is 0 Å². The minimum atomic E-state index is -2.13. The Labute approximate surface area is 129 Å². The van der Waals surface area contributed by atoms with Crippen LogP contribution in [0.1, 0.15) is 54.4 Å². The molecule has 124 valence electrons. The highest BCUT2D eigenvalue weighted by Gasteiger charge is 2.40. The summed E-state index contributed by atoms with van der Waals surface area (Å²) in [6, 6.07) is 0. The lowest BCUT2D eigenvalue weighted by Crippen LogP contribution is -2.45. The molecule has 6 heteroatoms. The van der Waals surface area contributed by atoms with Gasteiger partial charge in [-0.2, -0.15) is 0 Å². The van der Waals surface area contributed by atoms with Crippen LogP contribution in [-0.4, -0.2) is 37.1 Å². The zero-order valence-electron chi connectivity index (χ0n) is 14.6. The number of carbonyl (C=O) groups is 2. The second kappa shape index (κ2) is 6.92. The number of hydrogen-bond donors (Lipinski definition) is 1. The van der Waals surface area contributed by atoms with E-state index in [-0.39, 0.29) is 17.9 Å². The van der Waals surface area contributed by atoms with E-state index in [1.807, 2.05) is 13.1 Å². The molecule has 0 unspecified atom stereocenters. The van der Waals surface area contributed by atoms with Gasteiger partial charge in [-0.25, -0.2) is 0 Å². The van der Waals surface area contributed by atoms with E-state index >= 15 is 0 Å². The molecule has 21 heavy (non-hydrogen) atoms. The maximum Gasteiger partial charge on any atom is 0.308 e. The standard InChI is InChI=1S/C15H30O5Si/c1-14(2,3)19-13(18)10-11(9-12(16)17)20-21(7,8)15(4,5)6/h11H,9-10H2,1-8H3,(H,16,17)/t11-/m1/s1. The quantitative estimate of drug-likeness (QED) is 0.598. The van der Waals surface area contributed by atoms with Crippen molar-refractivity contribution < 1.29 is 23.9 Å². The first-order valence-electron chi connectivity index (χ1n) is 7.25. The molecule has 1 N–H and O–H groups in total. The van der Waals surface area contributed by atoms with E-state index in [1.165, 1.54) is 0 Å². The van der Waals surface area contributed by atoms with Crippen molar-refractivity contribution in [3.05, 3.63) is 0 Å². The Bertz CT molecular complexity index is 377. The average Bonchev–Trinajstić information content (AvgIpc) is 2.08. The predicted molar refractivity (Wildman–Crippen MR) is 84.8 cm³/mol. The van der Waals surface area contributed by atoms with Crippen molar-refractivity contribution in [2.24, 2.45) is 0 Å². The summed E-state index contributed by atoms with van der Waals surface area (Å²) in [5, 5.41) is 8.97. The molecule has 0 aromatic carbocycles. The van der Waals surface area contributed by atoms with Crippen LogP contribution in [0.5, 0.6) is 0 Å². The molecule has 0 amide bonds. The molecule has 0 saturated heterocycles. The number of rotatable bonds is 6. The highest BCUT2D eigenvalue weighted by Crippen LogP contribution is 2.38. The third-order valence-electron chi connectivity index (χ3n) is 3.48. The molecule has 0 saturated carbocycles. The Morgan fingerprint density at radius 2 is 1.52 bits per heavy atom. The average molecular weight is 318 g/mol. The van der Waals surface area contributed by atoms with Gasteiger partial charge in [0.05, 0.1) is 18.9 Å². The maximum atomic E-state index is 11.9. The Hall–Kier alpha value is -0.883. The Balaban J connectivity index is 4.90. The van der Waals surface area contributed by atoms with Gasteiger partial charge in [0.2, 0.25) is 0 Å². The van der Waals surface area contributed by atoms with Crippen molar-refractivity contribution in [2.75, 3.05) is 0 Å². The zero-order chi connectivity index (χ0) is 17.1. The van der Waals surface area contributed by atoms with Gasteiger partial charge in [0, 0.05) is 0 Å². The first-order valence-corrected chi connectivity index (χ1v) is 10.2. The molecule has 0 aromatic rings. The van der Waals surface area contributed by atoms with Gasteiger partial charge >= 0.3 is 11.9 Å². The summed E-state index contributed by atoms with van der Waals surface area (Å²) in [5.74, 6) is -1.39. The molecule has 0 spiro atoms. The summed E-state index contributed by atoms with van der Waals surface area (Å²) < 4.78 is 11.3. The van der Waals surface area contributed by atoms with Gasteiger partial charge in [0.1, 0.15) is 5.60 Å². The molecule has 0 rings (SSSR count). The Kier molecular flexibility index (Phi) is 6.63. The van der Waals surface area contributed by atoms with E-state index in [9.17, 15) is 9.59 Å². The van der Waals surface area contributed by atoms with Gasteiger partial charge in [0.25, 0.3) is 0 Å². The SMILES string of the molecule is CC(C)(C)OC(=O)C[C@@H](CC(=O)O)O[Si](C)(C)C(C)(C)C. The number of carboxylic acid groups (broad SMARTS) is 1. The summed E-state index contributed by atoms with van der Waals surface area (Å²) in [4.78, 5) is 22.9. The van der Waals surface area contributed by atoms with E-state index in [0.29, 0.717) is 0 Å². The van der Waals surface area contributed by atoms with E-state index in [0.717, 1.165) is 0 Å². The highest BCUT2D eigenvalue weighted by molar-refractivity contribution is 6.74. The molecule has 0 aromatic heterocycles. The fraction of sp³-hybridized carbons (Fsp3) is 0.867. The fourth-order valence-electron chi connectivity index (χ4n) is 1.51. The van der Waals surface area contributed by atoms with Gasteiger partial charge in [-0.15, -0.1) is 0 Å². The van der Waals surface area contributed by atoms with E-state index in [2.05, 4.69) is 20.8 Å². The monoisotopic (exact) mass is 318 g/mol. The van der Waals surface area contributed by atoms with Crippen LogP contribution in [0.25, 0.3) is 0 Å². The van der Waals surface area contributed by atoms with Crippen LogP contribution < -0.4 is 0 Å².